The van der Waals surface area contributed by atoms with Crippen molar-refractivity contribution in [2.75, 3.05) is 23.7 Å². The molecule has 3 aromatic rings. The number of amides is 1. The van der Waals surface area contributed by atoms with Crippen LogP contribution in [0, 0.1) is 13.8 Å². The Balaban J connectivity index is 1.33. The normalized spacial score (nSPS) is 13.6. The van der Waals surface area contributed by atoms with Gasteiger partial charge in [0.25, 0.3) is 0 Å². The molecule has 1 aliphatic rings. The van der Waals surface area contributed by atoms with Crippen LogP contribution in [0.4, 0.5) is 5.82 Å². The predicted octanol–water partition coefficient (Wildman–Crippen LogP) is 3.89. The summed E-state index contributed by atoms with van der Waals surface area (Å²) in [6.07, 6.45) is 7.98. The summed E-state index contributed by atoms with van der Waals surface area (Å²) in [4.78, 5) is 23.6. The van der Waals surface area contributed by atoms with Crippen molar-refractivity contribution in [1.82, 2.24) is 19.9 Å². The van der Waals surface area contributed by atoms with Crippen LogP contribution in [0.1, 0.15) is 29.5 Å². The third-order valence-electron chi connectivity index (χ3n) is 5.29. The van der Waals surface area contributed by atoms with Gasteiger partial charge in [-0.3, -0.25) is 9.36 Å². The van der Waals surface area contributed by atoms with Crippen LogP contribution in [0.5, 0.6) is 0 Å². The fourth-order valence-electron chi connectivity index (χ4n) is 3.63. The van der Waals surface area contributed by atoms with Gasteiger partial charge >= 0.3 is 0 Å². The molecule has 1 aliphatic heterocycles. The molecule has 1 saturated heterocycles. The van der Waals surface area contributed by atoms with Gasteiger partial charge in [-0.1, -0.05) is 23.9 Å². The summed E-state index contributed by atoms with van der Waals surface area (Å²) in [6, 6.07) is 10.4. The van der Waals surface area contributed by atoms with Crippen LogP contribution >= 0.6 is 11.8 Å². The largest absolute Gasteiger partial charge is 0.357 e. The number of nitrogens with one attached hydrogen (secondary N) is 1. The second kappa shape index (κ2) is 9.34. The first-order valence-electron chi connectivity index (χ1n) is 10.3. The van der Waals surface area contributed by atoms with E-state index in [2.05, 4.69) is 58.3 Å². The average molecular weight is 422 g/mol. The highest BCUT2D eigenvalue weighted by Crippen LogP contribution is 2.23. The highest BCUT2D eigenvalue weighted by atomic mass is 32.2. The van der Waals surface area contributed by atoms with Crippen molar-refractivity contribution in [3.05, 3.63) is 65.6 Å². The van der Waals surface area contributed by atoms with Gasteiger partial charge < -0.3 is 10.2 Å². The number of rotatable bonds is 7. The maximum Gasteiger partial charge on any atom is 0.230 e. The van der Waals surface area contributed by atoms with E-state index in [-0.39, 0.29) is 5.91 Å². The van der Waals surface area contributed by atoms with Crippen molar-refractivity contribution in [2.24, 2.45) is 0 Å². The molecule has 1 amide bonds. The topological polar surface area (TPSA) is 63.1 Å². The Hall–Kier alpha value is -2.80. The molecule has 0 radical (unpaired) electrons. The maximum atomic E-state index is 12.4. The summed E-state index contributed by atoms with van der Waals surface area (Å²) in [5.74, 6) is 1.32. The monoisotopic (exact) mass is 421 g/mol. The number of imidazole rings is 1. The number of anilines is 1. The first-order chi connectivity index (χ1) is 14.6. The number of benzene rings is 1. The van der Waals surface area contributed by atoms with Crippen LogP contribution in [0.15, 0.2) is 54.1 Å². The van der Waals surface area contributed by atoms with E-state index in [9.17, 15) is 4.79 Å². The number of pyridine rings is 1. The van der Waals surface area contributed by atoms with Crippen LogP contribution in [-0.4, -0.2) is 39.3 Å². The Bertz CT molecular complexity index is 1030. The van der Waals surface area contributed by atoms with Crippen molar-refractivity contribution in [1.29, 1.82) is 0 Å². The molecule has 30 heavy (non-hydrogen) atoms. The Morgan fingerprint density at radius 1 is 1.10 bits per heavy atom. The SMILES string of the molecule is Cc1ccc(C)c(-n2ccnc2SCC(=O)NCc2ccnc(N3CCCC3)c2)c1. The van der Waals surface area contributed by atoms with Crippen molar-refractivity contribution in [3.63, 3.8) is 0 Å². The lowest BCUT2D eigenvalue weighted by Crippen LogP contribution is -2.25. The molecule has 0 spiro atoms. The molecule has 6 nitrogen and oxygen atoms in total. The lowest BCUT2D eigenvalue weighted by molar-refractivity contribution is -0.118. The number of thioether (sulfide) groups is 1. The van der Waals surface area contributed by atoms with Crippen LogP contribution < -0.4 is 10.2 Å². The van der Waals surface area contributed by atoms with Crippen LogP contribution in [0.25, 0.3) is 5.69 Å². The molecule has 1 aromatic carbocycles. The third kappa shape index (κ3) is 4.84. The molecule has 0 aliphatic carbocycles. The van der Waals surface area contributed by atoms with Gasteiger partial charge in [0, 0.05) is 38.2 Å². The first-order valence-corrected chi connectivity index (χ1v) is 11.3. The zero-order valence-electron chi connectivity index (χ0n) is 17.5. The first kappa shape index (κ1) is 20.5. The molecule has 156 valence electrons. The van der Waals surface area contributed by atoms with Gasteiger partial charge in [-0.2, -0.15) is 0 Å². The van der Waals surface area contributed by atoms with Gasteiger partial charge in [-0.05, 0) is 61.6 Å². The molecule has 0 atom stereocenters. The van der Waals surface area contributed by atoms with E-state index in [0.29, 0.717) is 12.3 Å². The van der Waals surface area contributed by atoms with E-state index < -0.39 is 0 Å². The number of carbonyl (C=O) groups is 1. The van der Waals surface area contributed by atoms with Crippen molar-refractivity contribution in [3.8, 4) is 5.69 Å². The van der Waals surface area contributed by atoms with Gasteiger partial charge in [0.15, 0.2) is 5.16 Å². The number of nitrogens with zero attached hydrogens (tertiary/aromatic N) is 4. The molecular formula is C23H27N5OS. The van der Waals surface area contributed by atoms with Crippen molar-refractivity contribution in [2.45, 2.75) is 38.4 Å². The minimum atomic E-state index is -0.00458. The molecule has 7 heteroatoms. The summed E-state index contributed by atoms with van der Waals surface area (Å²) in [7, 11) is 0. The Labute approximate surface area is 181 Å². The van der Waals surface area contributed by atoms with Gasteiger partial charge in [0.2, 0.25) is 5.91 Å². The predicted molar refractivity (Wildman–Crippen MR) is 121 cm³/mol. The third-order valence-corrected chi connectivity index (χ3v) is 6.26. The zero-order valence-corrected chi connectivity index (χ0v) is 18.3. The van der Waals surface area contributed by atoms with Gasteiger partial charge in [0.1, 0.15) is 5.82 Å². The van der Waals surface area contributed by atoms with Gasteiger partial charge in [-0.15, -0.1) is 0 Å². The highest BCUT2D eigenvalue weighted by molar-refractivity contribution is 7.99. The molecule has 4 rings (SSSR count). The number of carbonyl (C=O) groups excluding carboxylic acids is 1. The van der Waals surface area contributed by atoms with Gasteiger partial charge in [-0.25, -0.2) is 9.97 Å². The molecular weight excluding hydrogens is 394 g/mol. The molecule has 0 bridgehead atoms. The lowest BCUT2D eigenvalue weighted by atomic mass is 10.1. The van der Waals surface area contributed by atoms with E-state index in [0.717, 1.165) is 35.3 Å². The smallest absolute Gasteiger partial charge is 0.230 e. The highest BCUT2D eigenvalue weighted by Gasteiger charge is 2.14. The Kier molecular flexibility index (Phi) is 6.38. The standard InChI is InChI=1S/C23H27N5OS/c1-17-5-6-18(2)20(13-17)28-12-9-25-23(28)30-16-22(29)26-15-19-7-8-24-21(14-19)27-10-3-4-11-27/h5-9,12-14H,3-4,10-11,15-16H2,1-2H3,(H,26,29). The van der Waals surface area contributed by atoms with Gasteiger partial charge in [0.05, 0.1) is 11.4 Å². The molecule has 2 aromatic heterocycles. The van der Waals surface area contributed by atoms with E-state index in [1.807, 2.05) is 23.0 Å². The minimum Gasteiger partial charge on any atom is -0.357 e. The summed E-state index contributed by atoms with van der Waals surface area (Å²) >= 11 is 1.45. The van der Waals surface area contributed by atoms with Crippen LogP contribution in [-0.2, 0) is 11.3 Å². The Morgan fingerprint density at radius 2 is 1.93 bits per heavy atom. The fourth-order valence-corrected chi connectivity index (χ4v) is 4.43. The van der Waals surface area contributed by atoms with E-state index in [1.165, 1.54) is 35.7 Å². The van der Waals surface area contributed by atoms with E-state index in [4.69, 9.17) is 0 Å². The van der Waals surface area contributed by atoms with Crippen molar-refractivity contribution < 1.29 is 4.79 Å². The summed E-state index contributed by atoms with van der Waals surface area (Å²) in [5, 5.41) is 3.83. The lowest BCUT2D eigenvalue weighted by Gasteiger charge is -2.17. The number of hydrogen-bond donors (Lipinski definition) is 1. The number of aryl methyl sites for hydroxylation is 2. The molecule has 1 fully saturated rings. The second-order valence-corrected chi connectivity index (χ2v) is 8.59. The maximum absolute atomic E-state index is 12.4. The molecule has 0 saturated carbocycles. The van der Waals surface area contributed by atoms with E-state index in [1.54, 1.807) is 6.20 Å². The minimum absolute atomic E-state index is 0.00458. The molecule has 0 unspecified atom stereocenters. The second-order valence-electron chi connectivity index (χ2n) is 7.65. The Morgan fingerprint density at radius 3 is 2.77 bits per heavy atom. The van der Waals surface area contributed by atoms with Crippen molar-refractivity contribution >= 4 is 23.5 Å². The molecule has 3 heterocycles. The molecule has 1 N–H and O–H groups in total. The number of hydrogen-bond acceptors (Lipinski definition) is 5. The van der Waals surface area contributed by atoms with Crippen LogP contribution in [0.3, 0.4) is 0 Å². The summed E-state index contributed by atoms with van der Waals surface area (Å²) in [5.41, 5.74) is 4.55. The van der Waals surface area contributed by atoms with Crippen LogP contribution in [0.2, 0.25) is 0 Å². The fraction of sp³-hybridized carbons (Fsp3) is 0.348. The zero-order chi connectivity index (χ0) is 20.9. The number of aromatic nitrogens is 3. The summed E-state index contributed by atoms with van der Waals surface area (Å²) < 4.78 is 2.05. The quantitative estimate of drug-likeness (QED) is 0.587. The van der Waals surface area contributed by atoms with E-state index >= 15 is 0 Å². The average Bonchev–Trinajstić information content (AvgIpc) is 3.45. The summed E-state index contributed by atoms with van der Waals surface area (Å²) in [6.45, 7) is 6.79.